The smallest absolute Gasteiger partial charge is 0.0967 e. The summed E-state index contributed by atoms with van der Waals surface area (Å²) in [7, 11) is 1.92. The number of rotatable bonds is 3. The van der Waals surface area contributed by atoms with E-state index in [9.17, 15) is 0 Å². The van der Waals surface area contributed by atoms with Gasteiger partial charge in [-0.05, 0) is 20.3 Å². The van der Waals surface area contributed by atoms with E-state index in [2.05, 4.69) is 34.0 Å². The summed E-state index contributed by atoms with van der Waals surface area (Å²) in [6, 6.07) is 2.15. The van der Waals surface area contributed by atoms with Gasteiger partial charge in [-0.1, -0.05) is 5.21 Å². The van der Waals surface area contributed by atoms with Gasteiger partial charge in [0.15, 0.2) is 0 Å². The van der Waals surface area contributed by atoms with Crippen LogP contribution in [0, 0.1) is 0 Å². The molecule has 0 aromatic carbocycles. The van der Waals surface area contributed by atoms with Gasteiger partial charge >= 0.3 is 0 Å². The van der Waals surface area contributed by atoms with Crippen LogP contribution in [-0.4, -0.2) is 56.0 Å². The van der Waals surface area contributed by atoms with Gasteiger partial charge in [-0.2, -0.15) is 0 Å². The first-order valence-electron chi connectivity index (χ1n) is 6.48. The summed E-state index contributed by atoms with van der Waals surface area (Å²) in [5.74, 6) is 0. The van der Waals surface area contributed by atoms with E-state index in [-0.39, 0.29) is 0 Å². The van der Waals surface area contributed by atoms with Gasteiger partial charge in [0.25, 0.3) is 0 Å². The Hall–Kier alpha value is -0.940. The van der Waals surface area contributed by atoms with E-state index in [1.54, 1.807) is 4.68 Å². The molecule has 3 aliphatic heterocycles. The Morgan fingerprint density at radius 1 is 1.35 bits per heavy atom. The van der Waals surface area contributed by atoms with E-state index < -0.39 is 0 Å². The van der Waals surface area contributed by atoms with Crippen LogP contribution in [0.5, 0.6) is 0 Å². The first kappa shape index (κ1) is 11.2. The lowest BCUT2D eigenvalue weighted by Crippen LogP contribution is -2.68. The van der Waals surface area contributed by atoms with Crippen molar-refractivity contribution in [1.82, 2.24) is 24.8 Å². The molecule has 2 bridgehead atoms. The lowest BCUT2D eigenvalue weighted by Gasteiger charge is -2.57. The normalized spacial score (nSPS) is 29.6. The third-order valence-corrected chi connectivity index (χ3v) is 4.10. The highest BCUT2D eigenvalue weighted by Gasteiger charge is 2.44. The Kier molecular flexibility index (Phi) is 2.67. The zero-order chi connectivity index (χ0) is 12.0. The van der Waals surface area contributed by atoms with Crippen molar-refractivity contribution in [3.63, 3.8) is 0 Å². The molecule has 2 atom stereocenters. The van der Waals surface area contributed by atoms with Crippen LogP contribution in [0.4, 0.5) is 0 Å². The molecule has 1 aromatic rings. The average molecular weight is 235 g/mol. The van der Waals surface area contributed by atoms with Crippen LogP contribution >= 0.6 is 0 Å². The van der Waals surface area contributed by atoms with Crippen molar-refractivity contribution in [3.8, 4) is 0 Å². The molecule has 5 heteroatoms. The minimum atomic E-state index is 0.680. The topological polar surface area (TPSA) is 37.2 Å². The SMILES string of the molecule is CC(C)N1CC2CC(C1)N2Cc1cn(C)nn1. The van der Waals surface area contributed by atoms with Crippen LogP contribution in [0.15, 0.2) is 6.20 Å². The van der Waals surface area contributed by atoms with Crippen LogP contribution in [0.3, 0.4) is 0 Å². The summed E-state index contributed by atoms with van der Waals surface area (Å²) in [5.41, 5.74) is 1.10. The van der Waals surface area contributed by atoms with E-state index in [1.807, 2.05) is 13.2 Å². The van der Waals surface area contributed by atoms with E-state index in [1.165, 1.54) is 19.5 Å². The number of aryl methyl sites for hydroxylation is 1. The number of hydrogen-bond donors (Lipinski definition) is 0. The second kappa shape index (κ2) is 4.07. The highest BCUT2D eigenvalue weighted by Crippen LogP contribution is 2.34. The number of fused-ring (bicyclic) bond motifs is 2. The molecule has 0 N–H and O–H groups in total. The summed E-state index contributed by atoms with van der Waals surface area (Å²) >= 11 is 0. The molecular weight excluding hydrogens is 214 g/mol. The fraction of sp³-hybridized carbons (Fsp3) is 0.833. The van der Waals surface area contributed by atoms with Gasteiger partial charge in [0.2, 0.25) is 0 Å². The van der Waals surface area contributed by atoms with Crippen molar-refractivity contribution in [3.05, 3.63) is 11.9 Å². The van der Waals surface area contributed by atoms with Crippen LogP contribution < -0.4 is 0 Å². The predicted octanol–water partition coefficient (Wildman–Crippen LogP) is 0.482. The summed E-state index contributed by atoms with van der Waals surface area (Å²) < 4.78 is 1.78. The van der Waals surface area contributed by atoms with Crippen LogP contribution in [0.1, 0.15) is 26.0 Å². The van der Waals surface area contributed by atoms with E-state index >= 15 is 0 Å². The van der Waals surface area contributed by atoms with Gasteiger partial charge in [0, 0.05) is 51.0 Å². The van der Waals surface area contributed by atoms with E-state index in [0.717, 1.165) is 24.3 Å². The molecule has 4 rings (SSSR count). The fourth-order valence-electron chi connectivity index (χ4n) is 3.05. The Morgan fingerprint density at radius 2 is 2.06 bits per heavy atom. The van der Waals surface area contributed by atoms with Crippen LogP contribution in [-0.2, 0) is 13.6 Å². The van der Waals surface area contributed by atoms with Crippen molar-refractivity contribution in [2.75, 3.05) is 13.1 Å². The van der Waals surface area contributed by atoms with Crippen molar-refractivity contribution in [2.24, 2.45) is 7.05 Å². The number of aromatic nitrogens is 3. The lowest BCUT2D eigenvalue weighted by molar-refractivity contribution is -0.0841. The molecular formula is C12H21N5. The molecule has 1 aromatic heterocycles. The molecule has 3 aliphatic rings. The van der Waals surface area contributed by atoms with Gasteiger partial charge < -0.3 is 0 Å². The fourth-order valence-corrected chi connectivity index (χ4v) is 3.05. The molecule has 3 fully saturated rings. The second-order valence-corrected chi connectivity index (χ2v) is 5.65. The third-order valence-electron chi connectivity index (χ3n) is 4.10. The maximum absolute atomic E-state index is 4.18. The molecule has 4 heterocycles. The van der Waals surface area contributed by atoms with Crippen molar-refractivity contribution in [2.45, 2.75) is 44.9 Å². The van der Waals surface area contributed by atoms with Crippen molar-refractivity contribution < 1.29 is 0 Å². The first-order valence-corrected chi connectivity index (χ1v) is 6.48. The maximum Gasteiger partial charge on any atom is 0.0967 e. The molecule has 2 unspecified atom stereocenters. The maximum atomic E-state index is 4.18. The molecule has 0 aliphatic carbocycles. The highest BCUT2D eigenvalue weighted by atomic mass is 15.4. The van der Waals surface area contributed by atoms with Gasteiger partial charge in [-0.25, -0.2) is 0 Å². The van der Waals surface area contributed by atoms with E-state index in [4.69, 9.17) is 0 Å². The van der Waals surface area contributed by atoms with E-state index in [0.29, 0.717) is 6.04 Å². The van der Waals surface area contributed by atoms with Gasteiger partial charge in [0.1, 0.15) is 0 Å². The number of piperidine rings is 1. The number of piperazine rings is 1. The quantitative estimate of drug-likeness (QED) is 0.764. The second-order valence-electron chi connectivity index (χ2n) is 5.65. The number of hydrogen-bond acceptors (Lipinski definition) is 4. The van der Waals surface area contributed by atoms with Gasteiger partial charge in [0.05, 0.1) is 5.69 Å². The monoisotopic (exact) mass is 235 g/mol. The van der Waals surface area contributed by atoms with Gasteiger partial charge in [-0.15, -0.1) is 5.10 Å². The first-order chi connectivity index (χ1) is 8.13. The summed E-state index contributed by atoms with van der Waals surface area (Å²) in [6.45, 7) is 7.98. The Morgan fingerprint density at radius 3 is 2.59 bits per heavy atom. The molecule has 0 radical (unpaired) electrons. The predicted molar refractivity (Wildman–Crippen MR) is 65.4 cm³/mol. The summed E-state index contributed by atoms with van der Waals surface area (Å²) in [4.78, 5) is 5.18. The third kappa shape index (κ3) is 1.98. The van der Waals surface area contributed by atoms with Crippen molar-refractivity contribution >= 4 is 0 Å². The molecule has 0 spiro atoms. The largest absolute Gasteiger partial charge is 0.298 e. The van der Waals surface area contributed by atoms with Gasteiger partial charge in [-0.3, -0.25) is 14.5 Å². The van der Waals surface area contributed by atoms with Crippen molar-refractivity contribution in [1.29, 1.82) is 0 Å². The molecule has 17 heavy (non-hydrogen) atoms. The Bertz CT molecular complexity index is 387. The summed E-state index contributed by atoms with van der Waals surface area (Å²) in [5, 5.41) is 8.17. The zero-order valence-electron chi connectivity index (χ0n) is 10.9. The minimum Gasteiger partial charge on any atom is -0.298 e. The number of nitrogens with zero attached hydrogens (tertiary/aromatic N) is 5. The lowest BCUT2D eigenvalue weighted by atomic mass is 9.86. The minimum absolute atomic E-state index is 0.680. The molecule has 3 saturated heterocycles. The van der Waals surface area contributed by atoms with Crippen LogP contribution in [0.25, 0.3) is 0 Å². The average Bonchev–Trinajstić information content (AvgIpc) is 2.72. The molecule has 5 nitrogen and oxygen atoms in total. The highest BCUT2D eigenvalue weighted by molar-refractivity contribution is 5.04. The zero-order valence-corrected chi connectivity index (χ0v) is 10.9. The Labute approximate surface area is 102 Å². The van der Waals surface area contributed by atoms with Crippen LogP contribution in [0.2, 0.25) is 0 Å². The molecule has 0 saturated carbocycles. The molecule has 0 amide bonds. The Balaban J connectivity index is 1.61. The standard InChI is InChI=1S/C12H21N5/c1-9(2)16-7-11-4-12(8-16)17(11)6-10-5-15(3)14-13-10/h5,9,11-12H,4,6-8H2,1-3H3. The summed E-state index contributed by atoms with van der Waals surface area (Å²) in [6.07, 6.45) is 3.39. The molecule has 94 valence electrons.